The normalized spacial score (nSPS) is 15.3. The number of aliphatic hydroxyl groups is 1. The van der Waals surface area contributed by atoms with Gasteiger partial charge in [0.15, 0.2) is 0 Å². The molecule has 88 valence electrons. The molecule has 0 aromatic heterocycles. The Kier molecular flexibility index (Phi) is 4.34. The molecule has 1 aliphatic rings. The van der Waals surface area contributed by atoms with Crippen molar-refractivity contribution in [1.29, 1.82) is 0 Å². The zero-order chi connectivity index (χ0) is 11.2. The van der Waals surface area contributed by atoms with Crippen LogP contribution in [-0.4, -0.2) is 37.5 Å². The lowest BCUT2D eigenvalue weighted by molar-refractivity contribution is 0.0927. The first-order valence-corrected chi connectivity index (χ1v) is 5.89. The molecule has 0 amide bonds. The highest BCUT2D eigenvalue weighted by Gasteiger charge is 2.19. The standard InChI is InChI=1S/C13H19NO2/c15-6-8-16-7-5-14-13-9-11-3-1-2-4-12(11)10-13/h1-4,13-15H,5-10H2. The van der Waals surface area contributed by atoms with Crippen molar-refractivity contribution < 1.29 is 9.84 Å². The Morgan fingerprint density at radius 1 is 1.19 bits per heavy atom. The summed E-state index contributed by atoms with van der Waals surface area (Å²) in [4.78, 5) is 0. The number of nitrogens with one attached hydrogen (secondary N) is 1. The molecule has 0 spiro atoms. The first-order chi connectivity index (χ1) is 7.90. The fourth-order valence-electron chi connectivity index (χ4n) is 2.21. The van der Waals surface area contributed by atoms with Crippen molar-refractivity contribution >= 4 is 0 Å². The highest BCUT2D eigenvalue weighted by molar-refractivity contribution is 5.33. The van der Waals surface area contributed by atoms with E-state index in [2.05, 4.69) is 29.6 Å². The van der Waals surface area contributed by atoms with Crippen molar-refractivity contribution in [3.8, 4) is 0 Å². The van der Waals surface area contributed by atoms with Gasteiger partial charge in [-0.05, 0) is 24.0 Å². The highest BCUT2D eigenvalue weighted by Crippen LogP contribution is 2.21. The fourth-order valence-corrected chi connectivity index (χ4v) is 2.21. The van der Waals surface area contributed by atoms with E-state index in [1.165, 1.54) is 11.1 Å². The molecule has 3 nitrogen and oxygen atoms in total. The fraction of sp³-hybridized carbons (Fsp3) is 0.538. The van der Waals surface area contributed by atoms with Crippen LogP contribution < -0.4 is 5.32 Å². The molecule has 1 aromatic rings. The average Bonchev–Trinajstić information content (AvgIpc) is 2.71. The summed E-state index contributed by atoms with van der Waals surface area (Å²) >= 11 is 0. The van der Waals surface area contributed by atoms with Crippen LogP contribution in [0.25, 0.3) is 0 Å². The Labute approximate surface area is 96.4 Å². The Balaban J connectivity index is 1.67. The van der Waals surface area contributed by atoms with Crippen LogP contribution in [0.2, 0.25) is 0 Å². The van der Waals surface area contributed by atoms with Gasteiger partial charge in [-0.1, -0.05) is 24.3 Å². The minimum absolute atomic E-state index is 0.106. The number of ether oxygens (including phenoxy) is 1. The summed E-state index contributed by atoms with van der Waals surface area (Å²) in [5.41, 5.74) is 2.94. The van der Waals surface area contributed by atoms with Crippen molar-refractivity contribution in [2.45, 2.75) is 18.9 Å². The predicted octanol–water partition coefficient (Wildman–Crippen LogP) is 0.752. The van der Waals surface area contributed by atoms with Crippen LogP contribution in [0.4, 0.5) is 0 Å². The second-order valence-corrected chi connectivity index (χ2v) is 4.16. The van der Waals surface area contributed by atoms with Crippen LogP contribution in [0.15, 0.2) is 24.3 Å². The lowest BCUT2D eigenvalue weighted by Crippen LogP contribution is -2.32. The molecule has 2 rings (SSSR count). The summed E-state index contributed by atoms with van der Waals surface area (Å²) in [7, 11) is 0. The molecule has 2 N–H and O–H groups in total. The minimum Gasteiger partial charge on any atom is -0.394 e. The molecular weight excluding hydrogens is 202 g/mol. The molecule has 1 aromatic carbocycles. The zero-order valence-electron chi connectivity index (χ0n) is 9.48. The summed E-state index contributed by atoms with van der Waals surface area (Å²) in [6.07, 6.45) is 2.24. The van der Waals surface area contributed by atoms with Gasteiger partial charge in [-0.15, -0.1) is 0 Å². The number of benzene rings is 1. The molecule has 0 fully saturated rings. The van der Waals surface area contributed by atoms with Gasteiger partial charge in [-0.2, -0.15) is 0 Å². The van der Waals surface area contributed by atoms with Gasteiger partial charge >= 0.3 is 0 Å². The minimum atomic E-state index is 0.106. The summed E-state index contributed by atoms with van der Waals surface area (Å²) in [6, 6.07) is 9.17. The molecule has 0 unspecified atom stereocenters. The smallest absolute Gasteiger partial charge is 0.0698 e. The topological polar surface area (TPSA) is 41.5 Å². The predicted molar refractivity (Wildman–Crippen MR) is 63.5 cm³/mol. The maximum absolute atomic E-state index is 8.55. The van der Waals surface area contributed by atoms with E-state index in [0.29, 0.717) is 19.3 Å². The van der Waals surface area contributed by atoms with Crippen LogP contribution in [0.5, 0.6) is 0 Å². The molecule has 0 bridgehead atoms. The van der Waals surface area contributed by atoms with Gasteiger partial charge in [0, 0.05) is 12.6 Å². The lowest BCUT2D eigenvalue weighted by atomic mass is 10.1. The second-order valence-electron chi connectivity index (χ2n) is 4.16. The first-order valence-electron chi connectivity index (χ1n) is 5.89. The van der Waals surface area contributed by atoms with Gasteiger partial charge in [-0.3, -0.25) is 0 Å². The maximum atomic E-state index is 8.55. The van der Waals surface area contributed by atoms with Crippen molar-refractivity contribution in [2.75, 3.05) is 26.4 Å². The molecule has 16 heavy (non-hydrogen) atoms. The van der Waals surface area contributed by atoms with Gasteiger partial charge in [0.05, 0.1) is 19.8 Å². The van der Waals surface area contributed by atoms with E-state index in [-0.39, 0.29) is 6.61 Å². The van der Waals surface area contributed by atoms with Gasteiger partial charge in [0.1, 0.15) is 0 Å². The number of fused-ring (bicyclic) bond motifs is 1. The van der Waals surface area contributed by atoms with Crippen LogP contribution >= 0.6 is 0 Å². The molecule has 3 heteroatoms. The molecule has 0 saturated heterocycles. The highest BCUT2D eigenvalue weighted by atomic mass is 16.5. The molecular formula is C13H19NO2. The Morgan fingerprint density at radius 3 is 2.50 bits per heavy atom. The van der Waals surface area contributed by atoms with Crippen molar-refractivity contribution in [3.63, 3.8) is 0 Å². The third kappa shape index (κ3) is 3.04. The maximum Gasteiger partial charge on any atom is 0.0698 e. The lowest BCUT2D eigenvalue weighted by Gasteiger charge is -2.11. The molecule has 0 saturated carbocycles. The molecule has 0 radical (unpaired) electrons. The van der Waals surface area contributed by atoms with E-state index in [1.807, 2.05) is 0 Å². The molecule has 0 heterocycles. The summed E-state index contributed by atoms with van der Waals surface area (Å²) in [5, 5.41) is 12.0. The SMILES string of the molecule is OCCOCCNC1Cc2ccccc2C1. The van der Waals surface area contributed by atoms with Crippen molar-refractivity contribution in [2.24, 2.45) is 0 Å². The number of hydrogen-bond acceptors (Lipinski definition) is 3. The zero-order valence-corrected chi connectivity index (χ0v) is 9.48. The van der Waals surface area contributed by atoms with Crippen LogP contribution in [0.3, 0.4) is 0 Å². The summed E-state index contributed by atoms with van der Waals surface area (Å²) in [6.45, 7) is 2.08. The van der Waals surface area contributed by atoms with Crippen LogP contribution in [0.1, 0.15) is 11.1 Å². The van der Waals surface area contributed by atoms with Crippen molar-refractivity contribution in [3.05, 3.63) is 35.4 Å². The monoisotopic (exact) mass is 221 g/mol. The summed E-state index contributed by atoms with van der Waals surface area (Å²) < 4.78 is 5.21. The van der Waals surface area contributed by atoms with E-state index in [9.17, 15) is 0 Å². The van der Waals surface area contributed by atoms with Crippen LogP contribution in [0, 0.1) is 0 Å². The number of rotatable bonds is 6. The van der Waals surface area contributed by atoms with E-state index >= 15 is 0 Å². The Bertz CT molecular complexity index is 302. The molecule has 0 atom stereocenters. The van der Waals surface area contributed by atoms with Gasteiger partial charge in [-0.25, -0.2) is 0 Å². The van der Waals surface area contributed by atoms with Gasteiger partial charge in [0.25, 0.3) is 0 Å². The van der Waals surface area contributed by atoms with E-state index < -0.39 is 0 Å². The van der Waals surface area contributed by atoms with Gasteiger partial charge < -0.3 is 15.2 Å². The molecule has 0 aliphatic heterocycles. The first kappa shape index (κ1) is 11.6. The third-order valence-corrected chi connectivity index (χ3v) is 2.97. The average molecular weight is 221 g/mol. The van der Waals surface area contributed by atoms with Crippen LogP contribution in [-0.2, 0) is 17.6 Å². The largest absolute Gasteiger partial charge is 0.394 e. The quantitative estimate of drug-likeness (QED) is 0.697. The van der Waals surface area contributed by atoms with Gasteiger partial charge in [0.2, 0.25) is 0 Å². The Morgan fingerprint density at radius 2 is 1.88 bits per heavy atom. The number of aliphatic hydroxyl groups excluding tert-OH is 1. The summed E-state index contributed by atoms with van der Waals surface area (Å²) in [5.74, 6) is 0. The second kappa shape index (κ2) is 5.99. The third-order valence-electron chi connectivity index (χ3n) is 2.97. The van der Waals surface area contributed by atoms with Crippen molar-refractivity contribution in [1.82, 2.24) is 5.32 Å². The Hall–Kier alpha value is -0.900. The van der Waals surface area contributed by atoms with E-state index in [1.54, 1.807) is 0 Å². The van der Waals surface area contributed by atoms with E-state index in [4.69, 9.17) is 9.84 Å². The number of hydrogen-bond donors (Lipinski definition) is 2. The molecule has 1 aliphatic carbocycles. The van der Waals surface area contributed by atoms with E-state index in [0.717, 1.165) is 19.4 Å².